The molecule has 0 aliphatic carbocycles. The Morgan fingerprint density at radius 2 is 1.88 bits per heavy atom. The Morgan fingerprint density at radius 3 is 2.53 bits per heavy atom. The zero-order chi connectivity index (χ0) is 12.3. The maximum atomic E-state index is 9.03. The van der Waals surface area contributed by atoms with Gasteiger partial charge in [0, 0.05) is 5.69 Å². The first-order valence-electron chi connectivity index (χ1n) is 5.24. The summed E-state index contributed by atoms with van der Waals surface area (Å²) in [5.41, 5.74) is 7.69. The molecule has 2 N–H and O–H groups in total. The van der Waals surface area contributed by atoms with Crippen LogP contribution in [0.25, 0.3) is 0 Å². The van der Waals surface area contributed by atoms with Crippen molar-refractivity contribution >= 4 is 5.69 Å². The zero-order valence-electron chi connectivity index (χ0n) is 9.47. The standard InChI is InChI=1S/C14H12N2O/c1-10-7-14(11(9-15)8-13(10)16)17-12-5-3-2-4-6-12/h2-8H,16H2,1H3. The summed E-state index contributed by atoms with van der Waals surface area (Å²) in [5, 5.41) is 9.03. The van der Waals surface area contributed by atoms with Crippen LogP contribution in [0.3, 0.4) is 0 Å². The van der Waals surface area contributed by atoms with E-state index < -0.39 is 0 Å². The first-order chi connectivity index (χ1) is 8.20. The number of hydrogen-bond acceptors (Lipinski definition) is 3. The van der Waals surface area contributed by atoms with E-state index in [-0.39, 0.29) is 0 Å². The summed E-state index contributed by atoms with van der Waals surface area (Å²) in [6.45, 7) is 1.88. The van der Waals surface area contributed by atoms with Gasteiger partial charge in [-0.15, -0.1) is 0 Å². The molecule has 84 valence electrons. The molecule has 0 unspecified atom stereocenters. The second kappa shape index (κ2) is 4.58. The zero-order valence-corrected chi connectivity index (χ0v) is 9.47. The van der Waals surface area contributed by atoms with Crippen molar-refractivity contribution in [3.63, 3.8) is 0 Å². The molecule has 2 aromatic carbocycles. The number of ether oxygens (including phenoxy) is 1. The molecule has 3 nitrogen and oxygen atoms in total. The fraction of sp³-hybridized carbons (Fsp3) is 0.0714. The van der Waals surface area contributed by atoms with Crippen molar-refractivity contribution in [1.29, 1.82) is 5.26 Å². The fourth-order valence-corrected chi connectivity index (χ4v) is 1.49. The minimum Gasteiger partial charge on any atom is -0.456 e. The molecule has 0 radical (unpaired) electrons. The van der Waals surface area contributed by atoms with E-state index in [9.17, 15) is 0 Å². The Labute approximate surface area is 100 Å². The predicted octanol–water partition coefficient (Wildman–Crippen LogP) is 3.24. The molecule has 0 amide bonds. The molecule has 17 heavy (non-hydrogen) atoms. The number of anilines is 1. The van der Waals surface area contributed by atoms with Crippen LogP contribution in [0.2, 0.25) is 0 Å². The van der Waals surface area contributed by atoms with Gasteiger partial charge in [-0.2, -0.15) is 5.26 Å². The lowest BCUT2D eigenvalue weighted by atomic mass is 10.1. The van der Waals surface area contributed by atoms with Gasteiger partial charge < -0.3 is 10.5 Å². The Balaban J connectivity index is 2.40. The molecular weight excluding hydrogens is 212 g/mol. The third-order valence-electron chi connectivity index (χ3n) is 2.46. The maximum Gasteiger partial charge on any atom is 0.145 e. The normalized spacial score (nSPS) is 9.65. The largest absolute Gasteiger partial charge is 0.456 e. The number of benzene rings is 2. The minimum absolute atomic E-state index is 0.442. The van der Waals surface area contributed by atoms with Gasteiger partial charge in [-0.3, -0.25) is 0 Å². The molecule has 0 saturated heterocycles. The summed E-state index contributed by atoms with van der Waals surface area (Å²) in [5.74, 6) is 1.23. The van der Waals surface area contributed by atoms with Crippen LogP contribution in [-0.4, -0.2) is 0 Å². The molecule has 0 aromatic heterocycles. The number of para-hydroxylation sites is 1. The molecule has 0 aliphatic rings. The van der Waals surface area contributed by atoms with E-state index >= 15 is 0 Å². The molecule has 2 aromatic rings. The van der Waals surface area contributed by atoms with Crippen LogP contribution in [0.1, 0.15) is 11.1 Å². The van der Waals surface area contributed by atoms with Gasteiger partial charge in [-0.05, 0) is 36.8 Å². The van der Waals surface area contributed by atoms with Gasteiger partial charge in [-0.1, -0.05) is 18.2 Å². The topological polar surface area (TPSA) is 59.0 Å². The monoisotopic (exact) mass is 224 g/mol. The lowest BCUT2D eigenvalue weighted by Crippen LogP contribution is -1.94. The van der Waals surface area contributed by atoms with Gasteiger partial charge in [0.25, 0.3) is 0 Å². The fourth-order valence-electron chi connectivity index (χ4n) is 1.49. The van der Waals surface area contributed by atoms with Crippen LogP contribution in [0.5, 0.6) is 11.5 Å². The van der Waals surface area contributed by atoms with Crippen molar-refractivity contribution in [2.24, 2.45) is 0 Å². The Kier molecular flexibility index (Phi) is 2.97. The third kappa shape index (κ3) is 2.37. The molecule has 0 aliphatic heterocycles. The molecule has 0 bridgehead atoms. The van der Waals surface area contributed by atoms with Crippen molar-refractivity contribution in [2.75, 3.05) is 5.73 Å². The Hall–Kier alpha value is -2.47. The molecule has 0 heterocycles. The third-order valence-corrected chi connectivity index (χ3v) is 2.46. The Morgan fingerprint density at radius 1 is 1.18 bits per heavy atom. The molecular formula is C14H12N2O. The van der Waals surface area contributed by atoms with E-state index in [1.807, 2.05) is 37.3 Å². The van der Waals surface area contributed by atoms with E-state index in [0.717, 1.165) is 5.56 Å². The summed E-state index contributed by atoms with van der Waals surface area (Å²) < 4.78 is 5.66. The van der Waals surface area contributed by atoms with Gasteiger partial charge in [0.05, 0.1) is 5.56 Å². The second-order valence-corrected chi connectivity index (χ2v) is 3.73. The number of nitrogens with two attached hydrogens (primary N) is 1. The summed E-state index contributed by atoms with van der Waals surface area (Å²) in [4.78, 5) is 0. The van der Waals surface area contributed by atoms with Gasteiger partial charge in [-0.25, -0.2) is 0 Å². The number of nitrogens with zero attached hydrogens (tertiary/aromatic N) is 1. The first kappa shape index (κ1) is 11.0. The van der Waals surface area contributed by atoms with E-state index in [0.29, 0.717) is 22.7 Å². The average molecular weight is 224 g/mol. The molecule has 2 rings (SSSR count). The Bertz CT molecular complexity index is 571. The summed E-state index contributed by atoms with van der Waals surface area (Å²) in [7, 11) is 0. The quantitative estimate of drug-likeness (QED) is 0.796. The highest BCUT2D eigenvalue weighted by molar-refractivity contribution is 5.58. The molecule has 3 heteroatoms. The summed E-state index contributed by atoms with van der Waals surface area (Å²) in [6, 6.07) is 14.8. The molecule has 0 spiro atoms. The SMILES string of the molecule is Cc1cc(Oc2ccccc2)c(C#N)cc1N. The van der Waals surface area contributed by atoms with Crippen molar-refractivity contribution in [2.45, 2.75) is 6.92 Å². The van der Waals surface area contributed by atoms with Crippen LogP contribution < -0.4 is 10.5 Å². The minimum atomic E-state index is 0.442. The highest BCUT2D eigenvalue weighted by atomic mass is 16.5. The molecule has 0 saturated carbocycles. The number of nitrogen functional groups attached to an aromatic ring is 1. The van der Waals surface area contributed by atoms with Crippen LogP contribution in [0.4, 0.5) is 5.69 Å². The van der Waals surface area contributed by atoms with E-state index in [1.165, 1.54) is 0 Å². The summed E-state index contributed by atoms with van der Waals surface area (Å²) in [6.07, 6.45) is 0. The highest BCUT2D eigenvalue weighted by Crippen LogP contribution is 2.28. The first-order valence-corrected chi connectivity index (χ1v) is 5.24. The molecule has 0 fully saturated rings. The number of nitriles is 1. The lowest BCUT2D eigenvalue weighted by Gasteiger charge is -2.09. The number of rotatable bonds is 2. The predicted molar refractivity (Wildman–Crippen MR) is 66.8 cm³/mol. The van der Waals surface area contributed by atoms with Crippen LogP contribution in [-0.2, 0) is 0 Å². The van der Waals surface area contributed by atoms with E-state index in [1.54, 1.807) is 12.1 Å². The van der Waals surface area contributed by atoms with Gasteiger partial charge in [0.15, 0.2) is 0 Å². The maximum absolute atomic E-state index is 9.03. The van der Waals surface area contributed by atoms with Gasteiger partial charge in [0.2, 0.25) is 0 Å². The van der Waals surface area contributed by atoms with Gasteiger partial charge in [0.1, 0.15) is 17.6 Å². The number of aryl methyl sites for hydroxylation is 1. The van der Waals surface area contributed by atoms with Crippen LogP contribution >= 0.6 is 0 Å². The van der Waals surface area contributed by atoms with E-state index in [2.05, 4.69) is 6.07 Å². The van der Waals surface area contributed by atoms with Crippen molar-refractivity contribution in [3.05, 3.63) is 53.6 Å². The van der Waals surface area contributed by atoms with E-state index in [4.69, 9.17) is 15.7 Å². The van der Waals surface area contributed by atoms with Crippen LogP contribution in [0.15, 0.2) is 42.5 Å². The van der Waals surface area contributed by atoms with Crippen molar-refractivity contribution < 1.29 is 4.74 Å². The molecule has 0 atom stereocenters. The summed E-state index contributed by atoms with van der Waals surface area (Å²) >= 11 is 0. The van der Waals surface area contributed by atoms with Gasteiger partial charge >= 0.3 is 0 Å². The van der Waals surface area contributed by atoms with Crippen molar-refractivity contribution in [3.8, 4) is 17.6 Å². The second-order valence-electron chi connectivity index (χ2n) is 3.73. The number of hydrogen-bond donors (Lipinski definition) is 1. The van der Waals surface area contributed by atoms with Crippen LogP contribution in [0, 0.1) is 18.3 Å². The lowest BCUT2D eigenvalue weighted by molar-refractivity contribution is 0.481. The smallest absolute Gasteiger partial charge is 0.145 e. The average Bonchev–Trinajstić information content (AvgIpc) is 2.35. The van der Waals surface area contributed by atoms with Crippen molar-refractivity contribution in [1.82, 2.24) is 0 Å². The highest BCUT2D eigenvalue weighted by Gasteiger charge is 2.07.